The van der Waals surface area contributed by atoms with Gasteiger partial charge in [-0.05, 0) is 20.3 Å². The number of carbonyl (C=O) groups excluding carboxylic acids is 2. The van der Waals surface area contributed by atoms with Gasteiger partial charge in [0.25, 0.3) is 0 Å². The summed E-state index contributed by atoms with van der Waals surface area (Å²) in [7, 11) is 1.46. The van der Waals surface area contributed by atoms with E-state index in [0.29, 0.717) is 5.16 Å². The van der Waals surface area contributed by atoms with Gasteiger partial charge in [-0.2, -0.15) is 0 Å². The summed E-state index contributed by atoms with van der Waals surface area (Å²) in [5, 5.41) is 13.4. The van der Waals surface area contributed by atoms with Crippen LogP contribution in [0.15, 0.2) is 35.5 Å². The van der Waals surface area contributed by atoms with Crippen LogP contribution in [0.5, 0.6) is 0 Å². The molecule has 0 aliphatic heterocycles. The molecular formula is C17H23N5O2S. The van der Waals surface area contributed by atoms with Crippen LogP contribution in [0.2, 0.25) is 0 Å². The highest BCUT2D eigenvalue weighted by molar-refractivity contribution is 8.00. The van der Waals surface area contributed by atoms with E-state index in [1.807, 2.05) is 34.9 Å². The minimum absolute atomic E-state index is 0.182. The SMILES string of the molecule is CC[C@@H](C)n1c(S[C@@H](C)C(=O)NC(=O)NC)nnc1-c1ccccc1. The van der Waals surface area contributed by atoms with Gasteiger partial charge in [0.15, 0.2) is 11.0 Å². The van der Waals surface area contributed by atoms with E-state index in [1.54, 1.807) is 6.92 Å². The number of nitrogens with one attached hydrogen (secondary N) is 2. The summed E-state index contributed by atoms with van der Waals surface area (Å²) in [6.45, 7) is 5.92. The van der Waals surface area contributed by atoms with Crippen molar-refractivity contribution < 1.29 is 9.59 Å². The maximum Gasteiger partial charge on any atom is 0.321 e. The van der Waals surface area contributed by atoms with Crippen molar-refractivity contribution in [1.82, 2.24) is 25.4 Å². The van der Waals surface area contributed by atoms with Crippen LogP contribution in [0.25, 0.3) is 11.4 Å². The van der Waals surface area contributed by atoms with E-state index in [2.05, 4.69) is 34.7 Å². The van der Waals surface area contributed by atoms with Crippen molar-refractivity contribution in [3.63, 3.8) is 0 Å². The molecule has 8 heteroatoms. The van der Waals surface area contributed by atoms with E-state index in [9.17, 15) is 9.59 Å². The lowest BCUT2D eigenvalue weighted by Gasteiger charge is -2.18. The molecule has 1 aromatic heterocycles. The number of amides is 3. The Balaban J connectivity index is 2.28. The van der Waals surface area contributed by atoms with Crippen molar-refractivity contribution in [1.29, 1.82) is 0 Å². The van der Waals surface area contributed by atoms with Crippen molar-refractivity contribution in [2.45, 2.75) is 43.6 Å². The van der Waals surface area contributed by atoms with Crippen LogP contribution in [0, 0.1) is 0 Å². The zero-order valence-electron chi connectivity index (χ0n) is 14.8. The topological polar surface area (TPSA) is 88.9 Å². The van der Waals surface area contributed by atoms with Crippen molar-refractivity contribution in [2.75, 3.05) is 7.05 Å². The first-order chi connectivity index (χ1) is 12.0. The standard InChI is InChI=1S/C17H23N5O2S/c1-5-11(2)22-14(13-9-7-6-8-10-13)20-21-17(22)25-12(3)15(23)19-16(24)18-4/h6-12H,5H2,1-4H3,(H2,18,19,23,24)/t11-,12+/m1/s1. The van der Waals surface area contributed by atoms with Gasteiger partial charge in [0.05, 0.1) is 5.25 Å². The Morgan fingerprint density at radius 2 is 1.88 bits per heavy atom. The molecule has 0 radical (unpaired) electrons. The third-order valence-electron chi connectivity index (χ3n) is 3.84. The summed E-state index contributed by atoms with van der Waals surface area (Å²) >= 11 is 1.29. The summed E-state index contributed by atoms with van der Waals surface area (Å²) in [6, 6.07) is 9.49. The van der Waals surface area contributed by atoms with Gasteiger partial charge < -0.3 is 5.32 Å². The Bertz CT molecular complexity index is 732. The Kier molecular flexibility index (Phi) is 6.58. The number of thioether (sulfide) groups is 1. The lowest BCUT2D eigenvalue weighted by atomic mass is 10.2. The van der Waals surface area contributed by atoms with E-state index >= 15 is 0 Å². The molecule has 134 valence electrons. The second-order valence-corrected chi connectivity index (χ2v) is 6.94. The van der Waals surface area contributed by atoms with Crippen LogP contribution in [0.4, 0.5) is 4.79 Å². The molecule has 2 rings (SSSR count). The molecule has 0 aliphatic carbocycles. The summed E-state index contributed by atoms with van der Waals surface area (Å²) < 4.78 is 2.05. The number of urea groups is 1. The smallest absolute Gasteiger partial charge is 0.321 e. The van der Waals surface area contributed by atoms with E-state index in [1.165, 1.54) is 18.8 Å². The quantitative estimate of drug-likeness (QED) is 0.772. The van der Waals surface area contributed by atoms with Gasteiger partial charge in [0.1, 0.15) is 0 Å². The molecule has 0 saturated heterocycles. The average Bonchev–Trinajstić information content (AvgIpc) is 3.05. The van der Waals surface area contributed by atoms with Crippen LogP contribution < -0.4 is 10.6 Å². The number of carbonyl (C=O) groups is 2. The minimum atomic E-state index is -0.522. The molecule has 2 N–H and O–H groups in total. The first kappa shape index (κ1) is 19.0. The Labute approximate surface area is 151 Å². The summed E-state index contributed by atoms with van der Waals surface area (Å²) in [6.07, 6.45) is 0.907. The van der Waals surface area contributed by atoms with E-state index in [0.717, 1.165) is 17.8 Å². The van der Waals surface area contributed by atoms with Crippen molar-refractivity contribution in [3.8, 4) is 11.4 Å². The third kappa shape index (κ3) is 4.60. The fourth-order valence-corrected chi connectivity index (χ4v) is 3.16. The largest absolute Gasteiger partial charge is 0.341 e. The highest BCUT2D eigenvalue weighted by Crippen LogP contribution is 2.30. The van der Waals surface area contributed by atoms with Crippen LogP contribution in [0.1, 0.15) is 33.2 Å². The number of imide groups is 1. The Hall–Kier alpha value is -2.35. The second-order valence-electron chi connectivity index (χ2n) is 5.63. The van der Waals surface area contributed by atoms with Gasteiger partial charge in [-0.3, -0.25) is 14.7 Å². The third-order valence-corrected chi connectivity index (χ3v) is 4.90. The van der Waals surface area contributed by atoms with Gasteiger partial charge in [-0.15, -0.1) is 10.2 Å². The van der Waals surface area contributed by atoms with Crippen LogP contribution in [0.3, 0.4) is 0 Å². The molecule has 0 spiro atoms. The summed E-state index contributed by atoms with van der Waals surface area (Å²) in [5.74, 6) is 0.403. The highest BCUT2D eigenvalue weighted by atomic mass is 32.2. The predicted molar refractivity (Wildman–Crippen MR) is 98.4 cm³/mol. The van der Waals surface area contributed by atoms with Gasteiger partial charge in [-0.1, -0.05) is 49.0 Å². The molecular weight excluding hydrogens is 338 g/mol. The van der Waals surface area contributed by atoms with E-state index in [4.69, 9.17) is 0 Å². The molecule has 1 heterocycles. The van der Waals surface area contributed by atoms with Crippen molar-refractivity contribution >= 4 is 23.7 Å². The zero-order valence-corrected chi connectivity index (χ0v) is 15.6. The number of nitrogens with zero attached hydrogens (tertiary/aromatic N) is 3. The van der Waals surface area contributed by atoms with Gasteiger partial charge in [0.2, 0.25) is 5.91 Å². The number of hydrogen-bond donors (Lipinski definition) is 2. The Morgan fingerprint density at radius 3 is 2.48 bits per heavy atom. The lowest BCUT2D eigenvalue weighted by Crippen LogP contribution is -2.41. The predicted octanol–water partition coefficient (Wildman–Crippen LogP) is 2.85. The maximum atomic E-state index is 12.1. The van der Waals surface area contributed by atoms with Gasteiger partial charge in [0, 0.05) is 18.7 Å². The molecule has 1 aromatic carbocycles. The molecule has 2 aromatic rings. The summed E-state index contributed by atoms with van der Waals surface area (Å²) in [5.41, 5.74) is 0.976. The molecule has 0 aliphatic rings. The number of aromatic nitrogens is 3. The molecule has 0 fully saturated rings. The first-order valence-corrected chi connectivity index (χ1v) is 9.05. The molecule has 2 atom stereocenters. The summed E-state index contributed by atoms with van der Waals surface area (Å²) in [4.78, 5) is 23.4. The zero-order chi connectivity index (χ0) is 18.4. The van der Waals surface area contributed by atoms with Crippen LogP contribution in [-0.4, -0.2) is 39.0 Å². The molecule has 7 nitrogen and oxygen atoms in total. The van der Waals surface area contributed by atoms with Crippen LogP contribution >= 0.6 is 11.8 Å². The van der Waals surface area contributed by atoms with E-state index in [-0.39, 0.29) is 11.9 Å². The normalized spacial score (nSPS) is 13.1. The van der Waals surface area contributed by atoms with Gasteiger partial charge in [-0.25, -0.2) is 4.79 Å². The van der Waals surface area contributed by atoms with Crippen molar-refractivity contribution in [2.24, 2.45) is 0 Å². The maximum absolute atomic E-state index is 12.1. The lowest BCUT2D eigenvalue weighted by molar-refractivity contribution is -0.119. The molecule has 0 bridgehead atoms. The monoisotopic (exact) mass is 361 g/mol. The minimum Gasteiger partial charge on any atom is -0.341 e. The molecule has 3 amide bonds. The molecule has 0 saturated carbocycles. The number of hydrogen-bond acceptors (Lipinski definition) is 5. The molecule has 0 unspecified atom stereocenters. The van der Waals surface area contributed by atoms with Crippen LogP contribution in [-0.2, 0) is 4.79 Å². The van der Waals surface area contributed by atoms with Gasteiger partial charge >= 0.3 is 6.03 Å². The van der Waals surface area contributed by atoms with Crippen molar-refractivity contribution in [3.05, 3.63) is 30.3 Å². The number of benzene rings is 1. The second kappa shape index (κ2) is 8.66. The number of rotatable bonds is 6. The fourth-order valence-electron chi connectivity index (χ4n) is 2.21. The Morgan fingerprint density at radius 1 is 1.20 bits per heavy atom. The van der Waals surface area contributed by atoms with E-state index < -0.39 is 11.3 Å². The average molecular weight is 361 g/mol. The first-order valence-electron chi connectivity index (χ1n) is 8.17. The highest BCUT2D eigenvalue weighted by Gasteiger charge is 2.23. The molecule has 25 heavy (non-hydrogen) atoms. The fraction of sp³-hybridized carbons (Fsp3) is 0.412.